The van der Waals surface area contributed by atoms with Crippen molar-refractivity contribution in [1.82, 2.24) is 9.88 Å². The van der Waals surface area contributed by atoms with Crippen molar-refractivity contribution in [1.29, 1.82) is 0 Å². The Morgan fingerprint density at radius 2 is 1.96 bits per heavy atom. The molecule has 1 aromatic carbocycles. The highest BCUT2D eigenvalue weighted by Crippen LogP contribution is 2.29. The van der Waals surface area contributed by atoms with E-state index in [1.807, 2.05) is 30.3 Å². The minimum absolute atomic E-state index is 0.303. The Bertz CT molecular complexity index is 662. The second kappa shape index (κ2) is 8.79. The van der Waals surface area contributed by atoms with Crippen LogP contribution in [0.5, 0.6) is 5.75 Å². The summed E-state index contributed by atoms with van der Waals surface area (Å²) in [5.74, 6) is 1.18. The van der Waals surface area contributed by atoms with Crippen LogP contribution in [0.3, 0.4) is 0 Å². The van der Waals surface area contributed by atoms with Crippen LogP contribution < -0.4 is 4.74 Å². The summed E-state index contributed by atoms with van der Waals surface area (Å²) in [5.41, 5.74) is 1.97. The molecule has 1 saturated heterocycles. The molecule has 1 aliphatic rings. The van der Waals surface area contributed by atoms with Crippen molar-refractivity contribution < 1.29 is 9.84 Å². The van der Waals surface area contributed by atoms with Crippen molar-refractivity contribution in [3.63, 3.8) is 0 Å². The fourth-order valence-electron chi connectivity index (χ4n) is 3.30. The van der Waals surface area contributed by atoms with E-state index in [-0.39, 0.29) is 0 Å². The zero-order valence-corrected chi connectivity index (χ0v) is 14.7. The number of pyridine rings is 1. The molecule has 0 saturated carbocycles. The van der Waals surface area contributed by atoms with Crippen molar-refractivity contribution in [2.45, 2.75) is 18.9 Å². The molecule has 2 heterocycles. The van der Waals surface area contributed by atoms with E-state index in [1.54, 1.807) is 13.3 Å². The lowest BCUT2D eigenvalue weighted by molar-refractivity contribution is 0.0592. The van der Waals surface area contributed by atoms with Gasteiger partial charge in [-0.15, -0.1) is 0 Å². The minimum atomic E-state index is -0.446. The molecule has 0 amide bonds. The maximum absolute atomic E-state index is 10.5. The molecule has 0 radical (unpaired) electrons. The number of hydrogen-bond acceptors (Lipinski definition) is 4. The molecule has 1 aliphatic heterocycles. The van der Waals surface area contributed by atoms with Crippen molar-refractivity contribution in [2.24, 2.45) is 5.92 Å². The summed E-state index contributed by atoms with van der Waals surface area (Å²) in [5, 5.41) is 10.5. The average molecular weight is 338 g/mol. The van der Waals surface area contributed by atoms with Gasteiger partial charge in [0.25, 0.3) is 0 Å². The molecular weight excluding hydrogens is 312 g/mol. The fraction of sp³-hybridized carbons (Fsp3) is 0.381. The first-order valence-corrected chi connectivity index (χ1v) is 8.88. The Morgan fingerprint density at radius 3 is 2.60 bits per heavy atom. The Balaban J connectivity index is 1.45. The third-order valence-corrected chi connectivity index (χ3v) is 4.86. The van der Waals surface area contributed by atoms with Crippen LogP contribution in [0.15, 0.2) is 54.7 Å². The number of hydrogen-bond donors (Lipinski definition) is 1. The number of rotatable bonds is 6. The van der Waals surface area contributed by atoms with Gasteiger partial charge in [-0.2, -0.15) is 0 Å². The summed E-state index contributed by atoms with van der Waals surface area (Å²) in [6.07, 6.45) is 7.67. The van der Waals surface area contributed by atoms with Gasteiger partial charge in [0, 0.05) is 12.7 Å². The third kappa shape index (κ3) is 4.91. The summed E-state index contributed by atoms with van der Waals surface area (Å²) in [7, 11) is 1.68. The molecule has 2 aromatic rings. The number of piperidine rings is 1. The van der Waals surface area contributed by atoms with E-state index < -0.39 is 6.10 Å². The Hall–Kier alpha value is -2.17. The zero-order chi connectivity index (χ0) is 17.5. The first kappa shape index (κ1) is 17.6. The molecule has 3 rings (SSSR count). The number of aromatic nitrogens is 1. The first-order chi connectivity index (χ1) is 12.3. The van der Waals surface area contributed by atoms with Gasteiger partial charge in [0.1, 0.15) is 5.75 Å². The molecule has 1 aromatic heterocycles. The average Bonchev–Trinajstić information content (AvgIpc) is 2.69. The van der Waals surface area contributed by atoms with Crippen LogP contribution in [0.25, 0.3) is 6.08 Å². The maximum atomic E-state index is 10.5. The number of nitrogens with zero attached hydrogens (tertiary/aromatic N) is 2. The summed E-state index contributed by atoms with van der Waals surface area (Å²) >= 11 is 0. The molecule has 4 nitrogen and oxygen atoms in total. The summed E-state index contributed by atoms with van der Waals surface area (Å²) in [4.78, 5) is 6.72. The molecule has 132 valence electrons. The summed E-state index contributed by atoms with van der Waals surface area (Å²) in [6, 6.07) is 13.8. The van der Waals surface area contributed by atoms with Crippen LogP contribution >= 0.6 is 0 Å². The predicted octanol–water partition coefficient (Wildman–Crippen LogP) is 3.55. The van der Waals surface area contributed by atoms with E-state index in [0.717, 1.165) is 43.9 Å². The Morgan fingerprint density at radius 1 is 1.20 bits per heavy atom. The van der Waals surface area contributed by atoms with Crippen molar-refractivity contribution in [3.8, 4) is 5.75 Å². The number of benzene rings is 1. The van der Waals surface area contributed by atoms with Gasteiger partial charge in [-0.25, -0.2) is 0 Å². The highest BCUT2D eigenvalue weighted by atomic mass is 16.5. The first-order valence-electron chi connectivity index (χ1n) is 8.88. The van der Waals surface area contributed by atoms with Crippen LogP contribution in [0.4, 0.5) is 0 Å². The SMILES string of the molecule is COc1ccc(/C=C/CN2CCC([C@@H](O)c3ccccn3)CC2)cc1. The molecule has 1 atom stereocenters. The van der Waals surface area contributed by atoms with Gasteiger partial charge in [-0.1, -0.05) is 30.4 Å². The number of aliphatic hydroxyl groups excluding tert-OH is 1. The van der Waals surface area contributed by atoms with Crippen LogP contribution in [0.2, 0.25) is 0 Å². The van der Waals surface area contributed by atoms with Gasteiger partial charge in [0.05, 0.1) is 18.9 Å². The lowest BCUT2D eigenvalue weighted by Gasteiger charge is -2.33. The monoisotopic (exact) mass is 338 g/mol. The van der Waals surface area contributed by atoms with Crippen molar-refractivity contribution in [2.75, 3.05) is 26.7 Å². The van der Waals surface area contributed by atoms with Crippen LogP contribution in [-0.2, 0) is 0 Å². The molecular formula is C21H26N2O2. The smallest absolute Gasteiger partial charge is 0.118 e. The van der Waals surface area contributed by atoms with Gasteiger partial charge in [-0.3, -0.25) is 9.88 Å². The lowest BCUT2D eigenvalue weighted by Crippen LogP contribution is -2.35. The number of likely N-dealkylation sites (tertiary alicyclic amines) is 1. The summed E-state index contributed by atoms with van der Waals surface area (Å²) in [6.45, 7) is 2.97. The van der Waals surface area contributed by atoms with Crippen LogP contribution in [0, 0.1) is 5.92 Å². The van der Waals surface area contributed by atoms with Gasteiger partial charge in [0.15, 0.2) is 0 Å². The van der Waals surface area contributed by atoms with E-state index in [9.17, 15) is 5.11 Å². The standard InChI is InChI=1S/C21H26N2O2/c1-25-19-9-7-17(8-10-19)5-4-14-23-15-11-18(12-16-23)21(24)20-6-2-3-13-22-20/h2-10,13,18,21,24H,11-12,14-16H2,1H3/b5-4+/t21-/m1/s1. The second-order valence-corrected chi connectivity index (χ2v) is 6.51. The van der Waals surface area contributed by atoms with E-state index in [1.165, 1.54) is 5.56 Å². The van der Waals surface area contributed by atoms with Gasteiger partial charge >= 0.3 is 0 Å². The Labute approximate surface area is 149 Å². The molecule has 0 aliphatic carbocycles. The van der Waals surface area contributed by atoms with Crippen LogP contribution in [-0.4, -0.2) is 41.7 Å². The van der Waals surface area contributed by atoms with Gasteiger partial charge < -0.3 is 9.84 Å². The molecule has 4 heteroatoms. The molecule has 0 unspecified atom stereocenters. The van der Waals surface area contributed by atoms with Gasteiger partial charge in [-0.05, 0) is 61.7 Å². The second-order valence-electron chi connectivity index (χ2n) is 6.51. The summed E-state index contributed by atoms with van der Waals surface area (Å²) < 4.78 is 5.17. The lowest BCUT2D eigenvalue weighted by atomic mass is 9.89. The molecule has 25 heavy (non-hydrogen) atoms. The van der Waals surface area contributed by atoms with E-state index >= 15 is 0 Å². The molecule has 0 spiro atoms. The topological polar surface area (TPSA) is 45.6 Å². The van der Waals surface area contributed by atoms with E-state index in [4.69, 9.17) is 4.74 Å². The van der Waals surface area contributed by atoms with Crippen molar-refractivity contribution in [3.05, 3.63) is 66.0 Å². The normalized spacial score (nSPS) is 17.7. The highest BCUT2D eigenvalue weighted by molar-refractivity contribution is 5.50. The number of aliphatic hydroxyl groups is 1. The maximum Gasteiger partial charge on any atom is 0.118 e. The number of ether oxygens (including phenoxy) is 1. The molecule has 1 N–H and O–H groups in total. The van der Waals surface area contributed by atoms with Gasteiger partial charge in [0.2, 0.25) is 0 Å². The molecule has 1 fully saturated rings. The van der Waals surface area contributed by atoms with Crippen LogP contribution in [0.1, 0.15) is 30.2 Å². The third-order valence-electron chi connectivity index (χ3n) is 4.86. The fourth-order valence-corrected chi connectivity index (χ4v) is 3.30. The van der Waals surface area contributed by atoms with E-state index in [0.29, 0.717) is 5.92 Å². The highest BCUT2D eigenvalue weighted by Gasteiger charge is 2.26. The largest absolute Gasteiger partial charge is 0.497 e. The quantitative estimate of drug-likeness (QED) is 0.875. The van der Waals surface area contributed by atoms with Crippen molar-refractivity contribution >= 4 is 6.08 Å². The van der Waals surface area contributed by atoms with E-state index in [2.05, 4.69) is 34.2 Å². The minimum Gasteiger partial charge on any atom is -0.497 e. The Kier molecular flexibility index (Phi) is 6.20. The zero-order valence-electron chi connectivity index (χ0n) is 14.7. The number of methoxy groups -OCH3 is 1. The molecule has 0 bridgehead atoms. The predicted molar refractivity (Wildman–Crippen MR) is 100 cm³/mol.